The fourth-order valence-corrected chi connectivity index (χ4v) is 2.14. The van der Waals surface area contributed by atoms with Crippen LogP contribution in [0.1, 0.15) is 38.7 Å². The highest BCUT2D eigenvalue weighted by molar-refractivity contribution is 6.33. The van der Waals surface area contributed by atoms with Gasteiger partial charge in [-0.15, -0.1) is 0 Å². The van der Waals surface area contributed by atoms with Gasteiger partial charge in [0.05, 0.1) is 10.7 Å². The van der Waals surface area contributed by atoms with Crippen molar-refractivity contribution in [2.24, 2.45) is 16.3 Å². The topological polar surface area (TPSA) is 70.6 Å². The number of oxime groups is 1. The second-order valence-electron chi connectivity index (χ2n) is 5.74. The summed E-state index contributed by atoms with van der Waals surface area (Å²) in [6.07, 6.45) is 2.89. The van der Waals surface area contributed by atoms with Crippen molar-refractivity contribution in [3.05, 3.63) is 28.8 Å². The summed E-state index contributed by atoms with van der Waals surface area (Å²) in [6, 6.07) is 5.94. The first-order valence-electron chi connectivity index (χ1n) is 6.85. The Balaban J connectivity index is 2.34. The lowest BCUT2D eigenvalue weighted by Crippen LogP contribution is -2.31. The molecule has 0 radical (unpaired) electrons. The molecule has 4 nitrogen and oxygen atoms in total. The summed E-state index contributed by atoms with van der Waals surface area (Å²) in [5.74, 6) is 0.284. The molecule has 0 unspecified atom stereocenters. The van der Waals surface area contributed by atoms with Crippen LogP contribution in [0.2, 0.25) is 5.02 Å². The zero-order chi connectivity index (χ0) is 15.2. The van der Waals surface area contributed by atoms with Crippen LogP contribution in [0.4, 0.5) is 5.69 Å². The molecule has 0 saturated carbocycles. The lowest BCUT2D eigenvalue weighted by molar-refractivity contribution is 0.304. The Morgan fingerprint density at radius 2 is 2.10 bits per heavy atom. The van der Waals surface area contributed by atoms with E-state index in [-0.39, 0.29) is 11.3 Å². The normalized spacial score (nSPS) is 12.5. The summed E-state index contributed by atoms with van der Waals surface area (Å²) >= 11 is 6.12. The number of hydrogen-bond acceptors (Lipinski definition) is 3. The first-order chi connectivity index (χ1) is 9.36. The van der Waals surface area contributed by atoms with Gasteiger partial charge in [-0.05, 0) is 37.5 Å². The number of benzene rings is 1. The fourth-order valence-electron chi connectivity index (χ4n) is 1.95. The molecule has 20 heavy (non-hydrogen) atoms. The standard InChI is InChI=1S/C15H24ClN3O/c1-11-6-7-12(16)13(10-11)18-9-5-4-8-15(2,3)14(17)19-20/h6-7,10,18,20H,4-5,8-9H2,1-3H3,(H2,17,19). The van der Waals surface area contributed by atoms with E-state index in [0.717, 1.165) is 36.5 Å². The van der Waals surface area contributed by atoms with Crippen molar-refractivity contribution in [1.82, 2.24) is 0 Å². The first kappa shape index (κ1) is 16.6. The Labute approximate surface area is 126 Å². The van der Waals surface area contributed by atoms with Crippen LogP contribution in [0.15, 0.2) is 23.4 Å². The largest absolute Gasteiger partial charge is 0.409 e. The molecule has 5 heteroatoms. The Hall–Kier alpha value is -1.42. The van der Waals surface area contributed by atoms with Crippen molar-refractivity contribution in [3.63, 3.8) is 0 Å². The molecule has 0 aliphatic rings. The van der Waals surface area contributed by atoms with Crippen LogP contribution in [0.3, 0.4) is 0 Å². The minimum atomic E-state index is -0.268. The summed E-state index contributed by atoms with van der Waals surface area (Å²) in [7, 11) is 0. The highest BCUT2D eigenvalue weighted by Crippen LogP contribution is 2.25. The van der Waals surface area contributed by atoms with Gasteiger partial charge in [-0.2, -0.15) is 0 Å². The van der Waals surface area contributed by atoms with Crippen molar-refractivity contribution < 1.29 is 5.21 Å². The van der Waals surface area contributed by atoms with Crippen molar-refractivity contribution >= 4 is 23.1 Å². The smallest absolute Gasteiger partial charge is 0.144 e. The van der Waals surface area contributed by atoms with Gasteiger partial charge >= 0.3 is 0 Å². The molecule has 0 heterocycles. The highest BCUT2D eigenvalue weighted by atomic mass is 35.5. The van der Waals surface area contributed by atoms with E-state index < -0.39 is 0 Å². The lowest BCUT2D eigenvalue weighted by atomic mass is 9.86. The molecule has 0 fully saturated rings. The van der Waals surface area contributed by atoms with Crippen molar-refractivity contribution in [3.8, 4) is 0 Å². The molecule has 0 aliphatic carbocycles. The van der Waals surface area contributed by atoms with E-state index in [0.29, 0.717) is 0 Å². The van der Waals surface area contributed by atoms with E-state index >= 15 is 0 Å². The molecule has 1 aromatic carbocycles. The number of halogens is 1. The number of anilines is 1. The SMILES string of the molecule is Cc1ccc(Cl)c(NCCCCC(C)(C)/C(N)=N/O)c1. The van der Waals surface area contributed by atoms with Gasteiger partial charge in [-0.3, -0.25) is 0 Å². The molecule has 112 valence electrons. The second kappa shape index (κ2) is 7.39. The average molecular weight is 298 g/mol. The molecule has 0 amide bonds. The van der Waals surface area contributed by atoms with Crippen molar-refractivity contribution in [1.29, 1.82) is 0 Å². The number of unbranched alkanes of at least 4 members (excludes halogenated alkanes) is 1. The van der Waals surface area contributed by atoms with Gasteiger partial charge in [0.2, 0.25) is 0 Å². The number of nitrogens with zero attached hydrogens (tertiary/aromatic N) is 1. The van der Waals surface area contributed by atoms with Gasteiger partial charge in [0.25, 0.3) is 0 Å². The van der Waals surface area contributed by atoms with E-state index in [9.17, 15) is 0 Å². The minimum absolute atomic E-state index is 0.268. The summed E-state index contributed by atoms with van der Waals surface area (Å²) in [5, 5.41) is 15.9. The number of aryl methyl sites for hydroxylation is 1. The number of nitrogens with two attached hydrogens (primary N) is 1. The monoisotopic (exact) mass is 297 g/mol. The van der Waals surface area contributed by atoms with Crippen LogP contribution < -0.4 is 11.1 Å². The fraction of sp³-hybridized carbons (Fsp3) is 0.533. The molecule has 1 rings (SSSR count). The summed E-state index contributed by atoms with van der Waals surface area (Å²) in [5.41, 5.74) is 7.55. The number of amidine groups is 1. The van der Waals surface area contributed by atoms with E-state index in [1.54, 1.807) is 0 Å². The van der Waals surface area contributed by atoms with Crippen LogP contribution in [-0.2, 0) is 0 Å². The minimum Gasteiger partial charge on any atom is -0.409 e. The molecule has 4 N–H and O–H groups in total. The van der Waals surface area contributed by atoms with Crippen LogP contribution in [0.5, 0.6) is 0 Å². The second-order valence-corrected chi connectivity index (χ2v) is 6.14. The van der Waals surface area contributed by atoms with Gasteiger partial charge in [-0.1, -0.05) is 43.1 Å². The third-order valence-corrected chi connectivity index (χ3v) is 3.80. The molecular formula is C15H24ClN3O. The summed E-state index contributed by atoms with van der Waals surface area (Å²) in [6.45, 7) is 6.86. The Kier molecular flexibility index (Phi) is 6.14. The van der Waals surface area contributed by atoms with E-state index in [1.807, 2.05) is 39.0 Å². The Bertz CT molecular complexity index is 472. The predicted octanol–water partition coefficient (Wildman–Crippen LogP) is 4.00. The maximum atomic E-state index is 8.71. The lowest BCUT2D eigenvalue weighted by Gasteiger charge is -2.22. The molecule has 0 bridgehead atoms. The van der Waals surface area contributed by atoms with Crippen LogP contribution in [-0.4, -0.2) is 17.6 Å². The van der Waals surface area contributed by atoms with Crippen LogP contribution in [0.25, 0.3) is 0 Å². The third-order valence-electron chi connectivity index (χ3n) is 3.47. The van der Waals surface area contributed by atoms with E-state index in [2.05, 4.69) is 10.5 Å². The highest BCUT2D eigenvalue weighted by Gasteiger charge is 2.22. The third kappa shape index (κ3) is 4.93. The van der Waals surface area contributed by atoms with Gasteiger partial charge in [-0.25, -0.2) is 0 Å². The molecule has 0 atom stereocenters. The maximum absolute atomic E-state index is 8.71. The molecule has 0 aliphatic heterocycles. The van der Waals surface area contributed by atoms with Crippen LogP contribution >= 0.6 is 11.6 Å². The number of rotatable bonds is 7. The Morgan fingerprint density at radius 1 is 1.40 bits per heavy atom. The maximum Gasteiger partial charge on any atom is 0.144 e. The zero-order valence-corrected chi connectivity index (χ0v) is 13.2. The van der Waals surface area contributed by atoms with Gasteiger partial charge in [0.15, 0.2) is 0 Å². The predicted molar refractivity (Wildman–Crippen MR) is 85.7 cm³/mol. The molecule has 0 saturated heterocycles. The number of nitrogens with one attached hydrogen (secondary N) is 1. The molecule has 1 aromatic rings. The molecular weight excluding hydrogens is 274 g/mol. The first-order valence-corrected chi connectivity index (χ1v) is 7.22. The van der Waals surface area contributed by atoms with E-state index in [1.165, 1.54) is 5.56 Å². The van der Waals surface area contributed by atoms with Crippen LogP contribution in [0, 0.1) is 12.3 Å². The summed E-state index contributed by atoms with van der Waals surface area (Å²) in [4.78, 5) is 0. The quantitative estimate of drug-likeness (QED) is 0.234. The zero-order valence-electron chi connectivity index (χ0n) is 12.4. The van der Waals surface area contributed by atoms with Crippen molar-refractivity contribution in [2.45, 2.75) is 40.0 Å². The van der Waals surface area contributed by atoms with Crippen molar-refractivity contribution in [2.75, 3.05) is 11.9 Å². The molecule has 0 spiro atoms. The van der Waals surface area contributed by atoms with E-state index in [4.69, 9.17) is 22.5 Å². The average Bonchev–Trinajstić information content (AvgIpc) is 2.41. The summed E-state index contributed by atoms with van der Waals surface area (Å²) < 4.78 is 0. The van der Waals surface area contributed by atoms with Gasteiger partial charge < -0.3 is 16.3 Å². The number of hydrogen-bond donors (Lipinski definition) is 3. The van der Waals surface area contributed by atoms with Gasteiger partial charge in [0.1, 0.15) is 5.84 Å². The van der Waals surface area contributed by atoms with Gasteiger partial charge in [0, 0.05) is 12.0 Å². The molecule has 0 aromatic heterocycles. The Morgan fingerprint density at radius 3 is 2.75 bits per heavy atom.